The molecule has 0 radical (unpaired) electrons. The van der Waals surface area contributed by atoms with Crippen LogP contribution in [0.1, 0.15) is 31.7 Å². The zero-order chi connectivity index (χ0) is 15.9. The molecule has 5 heteroatoms. The number of nitro benzene ring substituents is 1. The summed E-state index contributed by atoms with van der Waals surface area (Å²) < 4.78 is 11.8. The van der Waals surface area contributed by atoms with E-state index < -0.39 is 4.92 Å². The molecule has 0 amide bonds. The van der Waals surface area contributed by atoms with Crippen LogP contribution in [0.3, 0.4) is 0 Å². The van der Waals surface area contributed by atoms with Crippen LogP contribution in [0, 0.1) is 16.0 Å². The van der Waals surface area contributed by atoms with Crippen molar-refractivity contribution in [3.8, 4) is 0 Å². The van der Waals surface area contributed by atoms with E-state index >= 15 is 0 Å². The van der Waals surface area contributed by atoms with Gasteiger partial charge in [-0.3, -0.25) is 10.1 Å². The highest BCUT2D eigenvalue weighted by Gasteiger charge is 2.30. The molecule has 0 aromatic heterocycles. The maximum atomic E-state index is 10.6. The van der Waals surface area contributed by atoms with Crippen LogP contribution in [0.2, 0.25) is 0 Å². The van der Waals surface area contributed by atoms with Crippen molar-refractivity contribution in [1.29, 1.82) is 0 Å². The highest BCUT2D eigenvalue weighted by atomic mass is 16.6. The Hall–Kier alpha value is -1.72. The Labute approximate surface area is 131 Å². The Morgan fingerprint density at radius 2 is 2.23 bits per heavy atom. The largest absolute Gasteiger partial charge is 0.375 e. The predicted molar refractivity (Wildman–Crippen MR) is 84.6 cm³/mol. The molecule has 3 atom stereocenters. The van der Waals surface area contributed by atoms with E-state index in [4.69, 9.17) is 9.47 Å². The van der Waals surface area contributed by atoms with E-state index in [1.807, 2.05) is 6.08 Å². The van der Waals surface area contributed by atoms with E-state index in [2.05, 4.69) is 13.5 Å². The molecular weight excluding hydrogens is 282 g/mol. The quantitative estimate of drug-likeness (QED) is 0.415. The summed E-state index contributed by atoms with van der Waals surface area (Å²) in [7, 11) is 0. The number of non-ortho nitro benzene ring substituents is 1. The minimum absolute atomic E-state index is 0.0602. The fraction of sp³-hybridized carbons (Fsp3) is 0.529. The lowest BCUT2D eigenvalue weighted by Gasteiger charge is -2.22. The second kappa shape index (κ2) is 8.06. The lowest BCUT2D eigenvalue weighted by Crippen LogP contribution is -2.27. The average Bonchev–Trinajstić information content (AvgIpc) is 2.97. The van der Waals surface area contributed by atoms with Crippen LogP contribution in [0.25, 0.3) is 0 Å². The zero-order valence-corrected chi connectivity index (χ0v) is 12.9. The predicted octanol–water partition coefficient (Wildman–Crippen LogP) is 3.87. The fourth-order valence-corrected chi connectivity index (χ4v) is 2.79. The Kier molecular flexibility index (Phi) is 6.10. The molecule has 1 heterocycles. The van der Waals surface area contributed by atoms with Crippen LogP contribution >= 0.6 is 0 Å². The number of rotatable bonds is 8. The molecule has 0 bridgehead atoms. The summed E-state index contributed by atoms with van der Waals surface area (Å²) in [5.41, 5.74) is 1.03. The van der Waals surface area contributed by atoms with E-state index in [0.29, 0.717) is 12.5 Å². The standard InChI is InChI=1S/C17H23NO4/c1-3-5-14-10-17(22-12-14)16(4-2)21-11-13-6-8-15(9-7-13)18(19)20/h3,6-9,14,16-17H,1,4-5,10-12H2,2H3/t14-,16-,17+/m0/s1. The van der Waals surface area contributed by atoms with E-state index in [1.54, 1.807) is 12.1 Å². The van der Waals surface area contributed by atoms with Crippen molar-refractivity contribution in [3.63, 3.8) is 0 Å². The van der Waals surface area contributed by atoms with Gasteiger partial charge in [0.25, 0.3) is 5.69 Å². The van der Waals surface area contributed by atoms with Gasteiger partial charge in [-0.1, -0.05) is 13.0 Å². The molecule has 1 aromatic rings. The molecule has 1 aliphatic rings. The average molecular weight is 305 g/mol. The van der Waals surface area contributed by atoms with Gasteiger partial charge in [-0.05, 0) is 42.9 Å². The van der Waals surface area contributed by atoms with E-state index in [-0.39, 0.29) is 17.9 Å². The summed E-state index contributed by atoms with van der Waals surface area (Å²) in [5.74, 6) is 0.541. The number of benzene rings is 1. The first kappa shape index (κ1) is 16.6. The van der Waals surface area contributed by atoms with Crippen LogP contribution in [-0.4, -0.2) is 23.7 Å². The summed E-state index contributed by atoms with van der Waals surface area (Å²) in [4.78, 5) is 10.2. The monoisotopic (exact) mass is 305 g/mol. The number of nitrogens with zero attached hydrogens (tertiary/aromatic N) is 1. The SMILES string of the molecule is C=CC[C@@H]1CO[C@@H]([C@H](CC)OCc2ccc([N+](=O)[O-])cc2)C1. The van der Waals surface area contributed by atoms with E-state index in [9.17, 15) is 10.1 Å². The number of nitro groups is 1. The molecule has 0 aliphatic carbocycles. The summed E-state index contributed by atoms with van der Waals surface area (Å²) in [5, 5.41) is 10.6. The minimum Gasteiger partial charge on any atom is -0.375 e. The van der Waals surface area contributed by atoms with Crippen molar-refractivity contribution >= 4 is 5.69 Å². The highest BCUT2D eigenvalue weighted by molar-refractivity contribution is 5.32. The number of hydrogen-bond acceptors (Lipinski definition) is 4. The second-order valence-electron chi connectivity index (χ2n) is 5.68. The van der Waals surface area contributed by atoms with E-state index in [1.165, 1.54) is 12.1 Å². The van der Waals surface area contributed by atoms with Gasteiger partial charge in [0.05, 0.1) is 30.3 Å². The third-order valence-electron chi connectivity index (χ3n) is 4.04. The van der Waals surface area contributed by atoms with Crippen LogP contribution in [-0.2, 0) is 16.1 Å². The smallest absolute Gasteiger partial charge is 0.269 e. The van der Waals surface area contributed by atoms with Crippen LogP contribution in [0.15, 0.2) is 36.9 Å². The first-order valence-electron chi connectivity index (χ1n) is 7.71. The number of hydrogen-bond donors (Lipinski definition) is 0. The van der Waals surface area contributed by atoms with Crippen molar-refractivity contribution in [3.05, 3.63) is 52.6 Å². The highest BCUT2D eigenvalue weighted by Crippen LogP contribution is 2.28. The van der Waals surface area contributed by atoms with Gasteiger partial charge in [0.15, 0.2) is 0 Å². The molecule has 0 spiro atoms. The summed E-state index contributed by atoms with van der Waals surface area (Å²) in [6.07, 6.45) is 5.01. The minimum atomic E-state index is -0.397. The van der Waals surface area contributed by atoms with Gasteiger partial charge in [-0.25, -0.2) is 0 Å². The van der Waals surface area contributed by atoms with Crippen molar-refractivity contribution in [2.45, 2.75) is 45.0 Å². The first-order valence-corrected chi connectivity index (χ1v) is 7.71. The van der Waals surface area contributed by atoms with Crippen molar-refractivity contribution in [1.82, 2.24) is 0 Å². The van der Waals surface area contributed by atoms with E-state index in [0.717, 1.165) is 31.4 Å². The second-order valence-corrected chi connectivity index (χ2v) is 5.68. The zero-order valence-electron chi connectivity index (χ0n) is 12.9. The van der Waals surface area contributed by atoms with Gasteiger partial charge >= 0.3 is 0 Å². The summed E-state index contributed by atoms with van der Waals surface area (Å²) >= 11 is 0. The molecular formula is C17H23NO4. The van der Waals surface area contributed by atoms with Gasteiger partial charge in [0, 0.05) is 12.1 Å². The molecule has 1 fully saturated rings. The Morgan fingerprint density at radius 3 is 2.82 bits per heavy atom. The molecule has 0 N–H and O–H groups in total. The van der Waals surface area contributed by atoms with Gasteiger partial charge in [-0.15, -0.1) is 6.58 Å². The molecule has 1 aliphatic heterocycles. The normalized spacial score (nSPS) is 22.4. The topological polar surface area (TPSA) is 61.6 Å². The fourth-order valence-electron chi connectivity index (χ4n) is 2.79. The number of ether oxygens (including phenoxy) is 2. The number of allylic oxidation sites excluding steroid dienone is 1. The Bertz CT molecular complexity index is 500. The Balaban J connectivity index is 1.85. The van der Waals surface area contributed by atoms with Gasteiger partial charge in [0.1, 0.15) is 0 Å². The molecule has 2 rings (SSSR count). The van der Waals surface area contributed by atoms with Gasteiger partial charge in [-0.2, -0.15) is 0 Å². The molecule has 120 valence electrons. The van der Waals surface area contributed by atoms with Gasteiger partial charge in [0.2, 0.25) is 0 Å². The molecule has 1 aromatic carbocycles. The van der Waals surface area contributed by atoms with Crippen molar-refractivity contribution in [2.75, 3.05) is 6.61 Å². The maximum Gasteiger partial charge on any atom is 0.269 e. The lowest BCUT2D eigenvalue weighted by molar-refractivity contribution is -0.384. The Morgan fingerprint density at radius 1 is 1.50 bits per heavy atom. The van der Waals surface area contributed by atoms with Gasteiger partial charge < -0.3 is 9.47 Å². The molecule has 5 nitrogen and oxygen atoms in total. The molecule has 0 unspecified atom stereocenters. The van der Waals surface area contributed by atoms with Crippen molar-refractivity contribution < 1.29 is 14.4 Å². The van der Waals surface area contributed by atoms with Crippen LogP contribution in [0.5, 0.6) is 0 Å². The lowest BCUT2D eigenvalue weighted by atomic mass is 9.98. The van der Waals surface area contributed by atoms with Crippen LogP contribution in [0.4, 0.5) is 5.69 Å². The first-order chi connectivity index (χ1) is 10.6. The van der Waals surface area contributed by atoms with Crippen LogP contribution < -0.4 is 0 Å². The third-order valence-corrected chi connectivity index (χ3v) is 4.04. The summed E-state index contributed by atoms with van der Waals surface area (Å²) in [6.45, 7) is 7.08. The van der Waals surface area contributed by atoms with Crippen molar-refractivity contribution in [2.24, 2.45) is 5.92 Å². The maximum absolute atomic E-state index is 10.6. The molecule has 0 saturated carbocycles. The molecule has 1 saturated heterocycles. The third kappa shape index (κ3) is 4.39. The summed E-state index contributed by atoms with van der Waals surface area (Å²) in [6, 6.07) is 6.49. The molecule has 22 heavy (non-hydrogen) atoms.